The zero-order chi connectivity index (χ0) is 13.6. The van der Waals surface area contributed by atoms with Crippen molar-refractivity contribution in [2.75, 3.05) is 12.8 Å². The molecule has 0 aliphatic rings. The SMILES string of the molecule is CN(Cc1cccnc1)S(=O)(=O)CCCC(=O)O. The van der Waals surface area contributed by atoms with Crippen molar-refractivity contribution in [1.82, 2.24) is 9.29 Å². The molecule has 6 nitrogen and oxygen atoms in total. The third kappa shape index (κ3) is 4.80. The lowest BCUT2D eigenvalue weighted by molar-refractivity contribution is -0.137. The third-order valence-corrected chi connectivity index (χ3v) is 4.28. The van der Waals surface area contributed by atoms with E-state index in [4.69, 9.17) is 5.11 Å². The first kappa shape index (κ1) is 14.6. The Hall–Kier alpha value is -1.47. The summed E-state index contributed by atoms with van der Waals surface area (Å²) < 4.78 is 24.9. The second kappa shape index (κ2) is 6.46. The van der Waals surface area contributed by atoms with Crippen LogP contribution in [0.5, 0.6) is 0 Å². The summed E-state index contributed by atoms with van der Waals surface area (Å²) >= 11 is 0. The average Bonchev–Trinajstić information content (AvgIpc) is 2.29. The zero-order valence-electron chi connectivity index (χ0n) is 10.1. The maximum Gasteiger partial charge on any atom is 0.303 e. The Labute approximate surface area is 106 Å². The summed E-state index contributed by atoms with van der Waals surface area (Å²) in [6, 6.07) is 3.52. The Balaban J connectivity index is 2.54. The highest BCUT2D eigenvalue weighted by molar-refractivity contribution is 7.89. The van der Waals surface area contributed by atoms with Gasteiger partial charge in [0.25, 0.3) is 0 Å². The highest BCUT2D eigenvalue weighted by atomic mass is 32.2. The van der Waals surface area contributed by atoms with Crippen LogP contribution in [0.2, 0.25) is 0 Å². The highest BCUT2D eigenvalue weighted by Gasteiger charge is 2.18. The van der Waals surface area contributed by atoms with Crippen LogP contribution in [0.1, 0.15) is 18.4 Å². The number of carboxylic acid groups (broad SMARTS) is 1. The minimum atomic E-state index is -3.41. The van der Waals surface area contributed by atoms with Crippen LogP contribution in [0.4, 0.5) is 0 Å². The van der Waals surface area contributed by atoms with Crippen LogP contribution in [0.3, 0.4) is 0 Å². The number of aromatic nitrogens is 1. The molecule has 1 aromatic rings. The predicted molar refractivity (Wildman–Crippen MR) is 66.4 cm³/mol. The van der Waals surface area contributed by atoms with E-state index in [2.05, 4.69) is 4.98 Å². The van der Waals surface area contributed by atoms with Crippen molar-refractivity contribution in [3.05, 3.63) is 30.1 Å². The van der Waals surface area contributed by atoms with Gasteiger partial charge in [0.15, 0.2) is 0 Å². The zero-order valence-corrected chi connectivity index (χ0v) is 10.9. The van der Waals surface area contributed by atoms with Crippen molar-refractivity contribution in [2.45, 2.75) is 19.4 Å². The molecule has 1 rings (SSSR count). The summed E-state index contributed by atoms with van der Waals surface area (Å²) in [5.74, 6) is -1.14. The van der Waals surface area contributed by atoms with Gasteiger partial charge >= 0.3 is 5.97 Å². The fraction of sp³-hybridized carbons (Fsp3) is 0.455. The smallest absolute Gasteiger partial charge is 0.303 e. The maximum atomic E-state index is 11.8. The molecular formula is C11H16N2O4S. The lowest BCUT2D eigenvalue weighted by atomic mass is 10.3. The first-order valence-electron chi connectivity index (χ1n) is 5.46. The standard InChI is InChI=1S/C11H16N2O4S/c1-13(9-10-4-2-6-12-8-10)18(16,17)7-3-5-11(14)15/h2,4,6,8H,3,5,7,9H2,1H3,(H,14,15). The first-order valence-corrected chi connectivity index (χ1v) is 7.07. The Morgan fingerprint density at radius 3 is 2.78 bits per heavy atom. The largest absolute Gasteiger partial charge is 0.481 e. The van der Waals surface area contributed by atoms with Crippen LogP contribution in [-0.4, -0.2) is 41.6 Å². The number of sulfonamides is 1. The van der Waals surface area contributed by atoms with Crippen molar-refractivity contribution >= 4 is 16.0 Å². The van der Waals surface area contributed by atoms with E-state index < -0.39 is 16.0 Å². The molecule has 0 aromatic carbocycles. The summed E-state index contributed by atoms with van der Waals surface area (Å²) in [5, 5.41) is 8.47. The summed E-state index contributed by atoms with van der Waals surface area (Å²) in [4.78, 5) is 14.2. The van der Waals surface area contributed by atoms with Crippen LogP contribution < -0.4 is 0 Å². The van der Waals surface area contributed by atoms with Gasteiger partial charge in [-0.15, -0.1) is 0 Å². The van der Waals surface area contributed by atoms with E-state index in [0.717, 1.165) is 5.56 Å². The van der Waals surface area contributed by atoms with Gasteiger partial charge in [0, 0.05) is 32.4 Å². The van der Waals surface area contributed by atoms with E-state index in [1.165, 1.54) is 11.4 Å². The number of hydrogen-bond donors (Lipinski definition) is 1. The molecule has 7 heteroatoms. The quantitative estimate of drug-likeness (QED) is 0.789. The molecule has 0 aliphatic carbocycles. The molecule has 0 radical (unpaired) electrons. The van der Waals surface area contributed by atoms with Gasteiger partial charge in [-0.2, -0.15) is 0 Å². The van der Waals surface area contributed by atoms with Crippen molar-refractivity contribution in [2.24, 2.45) is 0 Å². The summed E-state index contributed by atoms with van der Waals surface area (Å²) in [6.07, 6.45) is 3.20. The number of aliphatic carboxylic acids is 1. The molecule has 1 aromatic heterocycles. The molecule has 1 N–H and O–H groups in total. The lowest BCUT2D eigenvalue weighted by Gasteiger charge is -2.16. The molecule has 0 saturated heterocycles. The predicted octanol–water partition coefficient (Wildman–Crippen LogP) is 0.708. The summed E-state index contributed by atoms with van der Waals surface area (Å²) in [7, 11) is -1.94. The molecule has 0 fully saturated rings. The monoisotopic (exact) mass is 272 g/mol. The number of rotatable bonds is 7. The molecule has 0 amide bonds. The van der Waals surface area contributed by atoms with Gasteiger partial charge in [0.2, 0.25) is 10.0 Å². The minimum absolute atomic E-state index is 0.120. The molecule has 0 spiro atoms. The van der Waals surface area contributed by atoms with E-state index in [1.807, 2.05) is 0 Å². The highest BCUT2D eigenvalue weighted by Crippen LogP contribution is 2.08. The molecule has 1 heterocycles. The number of carboxylic acids is 1. The van der Waals surface area contributed by atoms with Crippen LogP contribution in [-0.2, 0) is 21.4 Å². The maximum absolute atomic E-state index is 11.8. The van der Waals surface area contributed by atoms with Crippen LogP contribution in [0, 0.1) is 0 Å². The van der Waals surface area contributed by atoms with Gasteiger partial charge in [-0.05, 0) is 18.1 Å². The molecule has 18 heavy (non-hydrogen) atoms. The summed E-state index contributed by atoms with van der Waals surface area (Å²) in [5.41, 5.74) is 0.793. The first-order chi connectivity index (χ1) is 8.42. The van der Waals surface area contributed by atoms with Crippen LogP contribution >= 0.6 is 0 Å². The molecule has 0 atom stereocenters. The molecular weight excluding hydrogens is 256 g/mol. The van der Waals surface area contributed by atoms with Gasteiger partial charge in [0.05, 0.1) is 5.75 Å². The Kier molecular flexibility index (Phi) is 5.24. The molecule has 100 valence electrons. The van der Waals surface area contributed by atoms with E-state index in [9.17, 15) is 13.2 Å². The average molecular weight is 272 g/mol. The second-order valence-electron chi connectivity index (χ2n) is 3.93. The van der Waals surface area contributed by atoms with E-state index in [1.54, 1.807) is 24.5 Å². The van der Waals surface area contributed by atoms with Crippen molar-refractivity contribution in [3.63, 3.8) is 0 Å². The summed E-state index contributed by atoms with van der Waals surface area (Å²) in [6.45, 7) is 0.239. The number of hydrogen-bond acceptors (Lipinski definition) is 4. The van der Waals surface area contributed by atoms with Crippen molar-refractivity contribution in [1.29, 1.82) is 0 Å². The number of nitrogens with zero attached hydrogens (tertiary/aromatic N) is 2. The van der Waals surface area contributed by atoms with Gasteiger partial charge < -0.3 is 5.11 Å². The third-order valence-electron chi connectivity index (χ3n) is 2.40. The van der Waals surface area contributed by atoms with Gasteiger partial charge in [-0.3, -0.25) is 9.78 Å². The molecule has 0 unspecified atom stereocenters. The molecule has 0 saturated carbocycles. The van der Waals surface area contributed by atoms with Crippen molar-refractivity contribution in [3.8, 4) is 0 Å². The van der Waals surface area contributed by atoms with Crippen molar-refractivity contribution < 1.29 is 18.3 Å². The molecule has 0 bridgehead atoms. The van der Waals surface area contributed by atoms with Gasteiger partial charge in [0.1, 0.15) is 0 Å². The Bertz CT molecular complexity index is 487. The Morgan fingerprint density at radius 1 is 1.50 bits per heavy atom. The van der Waals surface area contributed by atoms with E-state index in [0.29, 0.717) is 0 Å². The second-order valence-corrected chi connectivity index (χ2v) is 6.13. The number of carbonyl (C=O) groups is 1. The molecule has 0 aliphatic heterocycles. The lowest BCUT2D eigenvalue weighted by Crippen LogP contribution is -2.29. The van der Waals surface area contributed by atoms with Gasteiger partial charge in [-0.25, -0.2) is 12.7 Å². The normalized spacial score (nSPS) is 11.7. The van der Waals surface area contributed by atoms with Gasteiger partial charge in [-0.1, -0.05) is 6.07 Å². The van der Waals surface area contributed by atoms with E-state index >= 15 is 0 Å². The topological polar surface area (TPSA) is 87.6 Å². The fourth-order valence-electron chi connectivity index (χ4n) is 1.41. The van der Waals surface area contributed by atoms with Crippen LogP contribution in [0.25, 0.3) is 0 Å². The minimum Gasteiger partial charge on any atom is -0.481 e. The van der Waals surface area contributed by atoms with Crippen LogP contribution in [0.15, 0.2) is 24.5 Å². The fourth-order valence-corrected chi connectivity index (χ4v) is 2.58. The number of pyridine rings is 1. The van der Waals surface area contributed by atoms with E-state index in [-0.39, 0.29) is 25.1 Å². The Morgan fingerprint density at radius 2 is 2.22 bits per heavy atom.